The van der Waals surface area contributed by atoms with Gasteiger partial charge in [-0.25, -0.2) is 0 Å². The van der Waals surface area contributed by atoms with Gasteiger partial charge in [-0.1, -0.05) is 6.92 Å². The second kappa shape index (κ2) is 4.08. The first-order valence-electron chi connectivity index (χ1n) is 3.40. The Morgan fingerprint density at radius 1 is 1.40 bits per heavy atom. The molecule has 0 rings (SSSR count). The highest BCUT2D eigenvalue weighted by molar-refractivity contribution is 6.40. The number of rotatable bonds is 4. The lowest BCUT2D eigenvalue weighted by atomic mass is 10.7. The fraction of sp³-hybridized carbons (Fsp3) is 1.00. The van der Waals surface area contributed by atoms with E-state index < -0.39 is 9.52 Å². The predicted molar refractivity (Wildman–Crippen MR) is 44.6 cm³/mol. The first kappa shape index (κ1) is 10.1. The third kappa shape index (κ3) is 3.31. The van der Waals surface area contributed by atoms with E-state index in [1.54, 1.807) is 14.2 Å². The van der Waals surface area contributed by atoms with Gasteiger partial charge in [0.1, 0.15) is 14.9 Å². The molecule has 0 aromatic carbocycles. The van der Waals surface area contributed by atoms with Crippen molar-refractivity contribution in [3.63, 3.8) is 0 Å². The summed E-state index contributed by atoms with van der Waals surface area (Å²) in [4.78, 5) is 0. The average Bonchev–Trinajstić information content (AvgIpc) is 1.87. The van der Waals surface area contributed by atoms with Crippen LogP contribution in [0.3, 0.4) is 0 Å². The van der Waals surface area contributed by atoms with Crippen LogP contribution < -0.4 is 5.73 Å². The van der Waals surface area contributed by atoms with E-state index in [4.69, 9.17) is 15.2 Å². The topological polar surface area (TPSA) is 44.5 Å². The normalized spacial score (nSPS) is 16.5. The molecule has 10 heavy (non-hydrogen) atoms. The number of hydrogen-bond acceptors (Lipinski definition) is 3. The SMILES string of the molecule is COC(C)(OC)[SiH2]C(C)N. The summed E-state index contributed by atoms with van der Waals surface area (Å²) in [6, 6.07) is 0. The molecule has 1 unspecified atom stereocenters. The smallest absolute Gasteiger partial charge is 0.143 e. The zero-order valence-electron chi connectivity index (χ0n) is 7.18. The fourth-order valence-electron chi connectivity index (χ4n) is 0.835. The van der Waals surface area contributed by atoms with Gasteiger partial charge in [-0.3, -0.25) is 0 Å². The van der Waals surface area contributed by atoms with E-state index >= 15 is 0 Å². The van der Waals surface area contributed by atoms with E-state index in [1.807, 2.05) is 13.8 Å². The summed E-state index contributed by atoms with van der Waals surface area (Å²) in [7, 11) is 2.80. The van der Waals surface area contributed by atoms with Crippen LogP contribution in [-0.2, 0) is 9.47 Å². The minimum atomic E-state index is -0.503. The first-order chi connectivity index (χ1) is 4.54. The van der Waals surface area contributed by atoms with Crippen molar-refractivity contribution in [1.82, 2.24) is 0 Å². The average molecular weight is 163 g/mol. The van der Waals surface area contributed by atoms with Crippen LogP contribution in [0.4, 0.5) is 0 Å². The van der Waals surface area contributed by atoms with E-state index in [9.17, 15) is 0 Å². The van der Waals surface area contributed by atoms with Gasteiger partial charge in [0.2, 0.25) is 0 Å². The zero-order valence-corrected chi connectivity index (χ0v) is 8.59. The highest BCUT2D eigenvalue weighted by atomic mass is 28.2. The van der Waals surface area contributed by atoms with Gasteiger partial charge in [-0.15, -0.1) is 0 Å². The van der Waals surface area contributed by atoms with Crippen molar-refractivity contribution in [1.29, 1.82) is 0 Å². The molecule has 0 aliphatic rings. The van der Waals surface area contributed by atoms with E-state index in [0.29, 0.717) is 0 Å². The van der Waals surface area contributed by atoms with Crippen LogP contribution in [0, 0.1) is 0 Å². The van der Waals surface area contributed by atoms with E-state index in [-0.39, 0.29) is 11.1 Å². The molecule has 0 aliphatic heterocycles. The Hall–Kier alpha value is 0.0969. The third-order valence-corrected chi connectivity index (χ3v) is 3.52. The van der Waals surface area contributed by atoms with Gasteiger partial charge in [0.25, 0.3) is 0 Å². The standard InChI is InChI=1S/C6H17NO2Si/c1-5(7)10-6(2,8-3)9-4/h5H,7,10H2,1-4H3. The van der Waals surface area contributed by atoms with Crippen molar-refractivity contribution in [2.45, 2.75) is 24.9 Å². The van der Waals surface area contributed by atoms with Crippen LogP contribution in [0.15, 0.2) is 0 Å². The Bertz CT molecular complexity index is 93.7. The molecule has 0 heterocycles. The Balaban J connectivity index is 3.80. The molecule has 0 radical (unpaired) electrons. The maximum Gasteiger partial charge on any atom is 0.143 e. The molecule has 0 aromatic rings. The summed E-state index contributed by atoms with van der Waals surface area (Å²) in [6.07, 6.45) is 0. The highest BCUT2D eigenvalue weighted by Gasteiger charge is 2.24. The van der Waals surface area contributed by atoms with Gasteiger partial charge in [0, 0.05) is 14.2 Å². The number of hydrogen-bond donors (Lipinski definition) is 1. The molecule has 0 spiro atoms. The van der Waals surface area contributed by atoms with Crippen LogP contribution in [0.1, 0.15) is 13.8 Å². The number of ether oxygens (including phenoxy) is 2. The lowest BCUT2D eigenvalue weighted by Crippen LogP contribution is -2.45. The molecular weight excluding hydrogens is 146 g/mol. The Kier molecular flexibility index (Phi) is 4.11. The van der Waals surface area contributed by atoms with Crippen LogP contribution in [0.5, 0.6) is 0 Å². The maximum atomic E-state index is 5.63. The number of nitrogens with two attached hydrogens (primary N) is 1. The maximum absolute atomic E-state index is 5.63. The molecule has 2 N–H and O–H groups in total. The van der Waals surface area contributed by atoms with Gasteiger partial charge < -0.3 is 15.2 Å². The Morgan fingerprint density at radius 2 is 1.80 bits per heavy atom. The van der Waals surface area contributed by atoms with Crippen molar-refractivity contribution < 1.29 is 9.47 Å². The molecule has 4 heteroatoms. The molecule has 3 nitrogen and oxygen atoms in total. The molecule has 0 saturated carbocycles. The monoisotopic (exact) mass is 163 g/mol. The Morgan fingerprint density at radius 3 is 1.90 bits per heavy atom. The summed E-state index contributed by atoms with van der Waals surface area (Å²) in [6.45, 7) is 3.92. The molecule has 0 bridgehead atoms. The summed E-state index contributed by atoms with van der Waals surface area (Å²) in [5.74, 6) is 0. The molecule has 0 aliphatic carbocycles. The largest absolute Gasteiger partial charge is 0.358 e. The molecule has 62 valence electrons. The summed E-state index contributed by atoms with van der Waals surface area (Å²) in [5, 5.41) is 0. The number of methoxy groups -OCH3 is 2. The fourth-order valence-corrected chi connectivity index (χ4v) is 2.34. The van der Waals surface area contributed by atoms with Crippen LogP contribution in [0.2, 0.25) is 0 Å². The van der Waals surface area contributed by atoms with Gasteiger partial charge in [0.15, 0.2) is 0 Å². The van der Waals surface area contributed by atoms with Gasteiger partial charge in [-0.2, -0.15) is 0 Å². The van der Waals surface area contributed by atoms with Crippen LogP contribution in [-0.4, -0.2) is 34.8 Å². The second-order valence-electron chi connectivity index (χ2n) is 2.72. The molecule has 0 fully saturated rings. The van der Waals surface area contributed by atoms with Crippen molar-refractivity contribution in [3.05, 3.63) is 0 Å². The van der Waals surface area contributed by atoms with E-state index in [0.717, 1.165) is 0 Å². The molecule has 0 aromatic heterocycles. The van der Waals surface area contributed by atoms with Crippen LogP contribution >= 0.6 is 0 Å². The molecule has 0 saturated heterocycles. The quantitative estimate of drug-likeness (QED) is 0.446. The molecular formula is C6H17NO2Si. The van der Waals surface area contributed by atoms with Crippen LogP contribution in [0.25, 0.3) is 0 Å². The summed E-state index contributed by atoms with van der Waals surface area (Å²) in [5.41, 5.74) is 5.49. The first-order valence-corrected chi connectivity index (χ1v) is 4.92. The second-order valence-corrected chi connectivity index (χ2v) is 5.70. The highest BCUT2D eigenvalue weighted by Crippen LogP contribution is 2.07. The van der Waals surface area contributed by atoms with Crippen molar-refractivity contribution in [2.75, 3.05) is 14.2 Å². The van der Waals surface area contributed by atoms with E-state index in [2.05, 4.69) is 0 Å². The zero-order chi connectivity index (χ0) is 8.20. The van der Waals surface area contributed by atoms with E-state index in [1.165, 1.54) is 0 Å². The lowest BCUT2D eigenvalue weighted by molar-refractivity contribution is -0.131. The predicted octanol–water partition coefficient (Wildman–Crippen LogP) is -0.574. The van der Waals surface area contributed by atoms with Gasteiger partial charge >= 0.3 is 0 Å². The summed E-state index contributed by atoms with van der Waals surface area (Å²) >= 11 is 0. The third-order valence-electron chi connectivity index (χ3n) is 1.56. The van der Waals surface area contributed by atoms with Gasteiger partial charge in [-0.05, 0) is 12.6 Å². The minimum Gasteiger partial charge on any atom is -0.358 e. The van der Waals surface area contributed by atoms with Crippen molar-refractivity contribution >= 4 is 9.52 Å². The van der Waals surface area contributed by atoms with Crippen molar-refractivity contribution in [2.24, 2.45) is 5.73 Å². The minimum absolute atomic E-state index is 0.241. The molecule has 0 amide bonds. The Labute approximate surface area is 64.7 Å². The van der Waals surface area contributed by atoms with Gasteiger partial charge in [0.05, 0.1) is 0 Å². The summed E-state index contributed by atoms with van der Waals surface area (Å²) < 4.78 is 10.3. The van der Waals surface area contributed by atoms with Crippen molar-refractivity contribution in [3.8, 4) is 0 Å². The lowest BCUT2D eigenvalue weighted by Gasteiger charge is -2.27. The molecule has 1 atom stereocenters.